The number of hydrogen-bond donors (Lipinski definition) is 1. The molecule has 1 fully saturated rings. The molecule has 1 aromatic carbocycles. The van der Waals surface area contributed by atoms with Crippen molar-refractivity contribution >= 4 is 17.4 Å². The van der Waals surface area contributed by atoms with Crippen LogP contribution in [0.5, 0.6) is 0 Å². The number of anilines is 1. The van der Waals surface area contributed by atoms with Gasteiger partial charge in [-0.2, -0.15) is 11.8 Å². The molecule has 1 aliphatic rings. The molecule has 0 amide bonds. The lowest BCUT2D eigenvalue weighted by molar-refractivity contribution is 0.611. The summed E-state index contributed by atoms with van der Waals surface area (Å²) in [7, 11) is 0. The third-order valence-electron chi connectivity index (χ3n) is 3.73. The molecule has 0 saturated carbocycles. The molecule has 1 heterocycles. The van der Waals surface area contributed by atoms with E-state index in [2.05, 4.69) is 11.8 Å². The average Bonchev–Trinajstić information content (AvgIpc) is 2.41. The quantitative estimate of drug-likeness (QED) is 0.920. The maximum absolute atomic E-state index is 13.8. The summed E-state index contributed by atoms with van der Waals surface area (Å²) in [5, 5.41) is 0.667. The Balaban J connectivity index is 2.34. The van der Waals surface area contributed by atoms with Gasteiger partial charge in [0.25, 0.3) is 0 Å². The van der Waals surface area contributed by atoms with Crippen LogP contribution in [0.1, 0.15) is 37.4 Å². The van der Waals surface area contributed by atoms with Gasteiger partial charge in [-0.15, -0.1) is 0 Å². The highest BCUT2D eigenvalue weighted by molar-refractivity contribution is 8.00. The fraction of sp³-hybridized carbons (Fsp3) is 0.600. The van der Waals surface area contributed by atoms with Crippen molar-refractivity contribution in [2.45, 2.75) is 38.5 Å². The molecular formula is C15H23FN2S. The standard InChI is InChI=1S/C15H23FN2S/c1-4-12-9-18(5-6-19-12)15-7-10(2)14(16)8-13(15)11(3)17/h7-8,11-12H,4-6,9,17H2,1-3H3/t11-,12?/m0/s1. The molecule has 2 atom stereocenters. The van der Waals surface area contributed by atoms with Crippen LogP contribution in [-0.4, -0.2) is 24.1 Å². The van der Waals surface area contributed by atoms with Crippen LogP contribution in [0.3, 0.4) is 0 Å². The second-order valence-electron chi connectivity index (χ2n) is 5.30. The van der Waals surface area contributed by atoms with Gasteiger partial charge in [-0.1, -0.05) is 6.92 Å². The van der Waals surface area contributed by atoms with Gasteiger partial charge in [0.15, 0.2) is 0 Å². The van der Waals surface area contributed by atoms with E-state index in [0.717, 1.165) is 30.1 Å². The monoisotopic (exact) mass is 282 g/mol. The number of hydrogen-bond acceptors (Lipinski definition) is 3. The summed E-state index contributed by atoms with van der Waals surface area (Å²) in [4.78, 5) is 2.37. The molecule has 2 N–H and O–H groups in total. The number of rotatable bonds is 3. The van der Waals surface area contributed by atoms with Crippen LogP contribution in [0.4, 0.5) is 10.1 Å². The van der Waals surface area contributed by atoms with Gasteiger partial charge in [-0.3, -0.25) is 0 Å². The van der Waals surface area contributed by atoms with E-state index >= 15 is 0 Å². The Bertz CT molecular complexity index is 448. The van der Waals surface area contributed by atoms with Crippen molar-refractivity contribution < 1.29 is 4.39 Å². The van der Waals surface area contributed by atoms with Crippen LogP contribution in [0, 0.1) is 12.7 Å². The molecule has 0 aromatic heterocycles. The van der Waals surface area contributed by atoms with E-state index in [9.17, 15) is 4.39 Å². The Morgan fingerprint density at radius 3 is 2.89 bits per heavy atom. The summed E-state index contributed by atoms with van der Waals surface area (Å²) >= 11 is 2.04. The smallest absolute Gasteiger partial charge is 0.126 e. The molecule has 1 aliphatic heterocycles. The van der Waals surface area contributed by atoms with Crippen LogP contribution in [0.15, 0.2) is 12.1 Å². The largest absolute Gasteiger partial charge is 0.369 e. The third-order valence-corrected chi connectivity index (χ3v) is 5.11. The van der Waals surface area contributed by atoms with Crippen LogP contribution in [0.25, 0.3) is 0 Å². The number of nitrogens with zero attached hydrogens (tertiary/aromatic N) is 1. The molecule has 0 bridgehead atoms. The van der Waals surface area contributed by atoms with Gasteiger partial charge in [0.05, 0.1) is 0 Å². The van der Waals surface area contributed by atoms with E-state index in [1.54, 1.807) is 6.07 Å². The van der Waals surface area contributed by atoms with Crippen LogP contribution in [-0.2, 0) is 0 Å². The second-order valence-corrected chi connectivity index (χ2v) is 6.70. The minimum absolute atomic E-state index is 0.139. The Kier molecular flexibility index (Phi) is 4.74. The van der Waals surface area contributed by atoms with E-state index in [4.69, 9.17) is 5.73 Å². The maximum atomic E-state index is 13.8. The first-order valence-electron chi connectivity index (χ1n) is 6.95. The lowest BCUT2D eigenvalue weighted by Crippen LogP contribution is -2.38. The van der Waals surface area contributed by atoms with Gasteiger partial charge in [0.2, 0.25) is 0 Å². The summed E-state index contributed by atoms with van der Waals surface area (Å²) in [6.45, 7) is 8.02. The lowest BCUT2D eigenvalue weighted by atomic mass is 10.0. The van der Waals surface area contributed by atoms with Crippen molar-refractivity contribution in [3.8, 4) is 0 Å². The molecule has 19 heavy (non-hydrogen) atoms. The highest BCUT2D eigenvalue weighted by atomic mass is 32.2. The zero-order valence-electron chi connectivity index (χ0n) is 11.9. The Hall–Kier alpha value is -0.740. The zero-order valence-corrected chi connectivity index (χ0v) is 12.8. The topological polar surface area (TPSA) is 29.3 Å². The van der Waals surface area contributed by atoms with Crippen LogP contribution >= 0.6 is 11.8 Å². The Labute approximate surface area is 119 Å². The van der Waals surface area contributed by atoms with Gasteiger partial charge in [-0.25, -0.2) is 4.39 Å². The average molecular weight is 282 g/mol. The minimum Gasteiger partial charge on any atom is -0.369 e. The Morgan fingerprint density at radius 2 is 2.26 bits per heavy atom. The van der Waals surface area contributed by atoms with E-state index < -0.39 is 0 Å². The molecule has 1 saturated heterocycles. The molecule has 2 nitrogen and oxygen atoms in total. The van der Waals surface area contributed by atoms with Gasteiger partial charge in [0.1, 0.15) is 5.82 Å². The fourth-order valence-electron chi connectivity index (χ4n) is 2.51. The highest BCUT2D eigenvalue weighted by Gasteiger charge is 2.22. The number of nitrogens with two attached hydrogens (primary N) is 1. The molecule has 0 aliphatic carbocycles. The van der Waals surface area contributed by atoms with Gasteiger partial charge < -0.3 is 10.6 Å². The summed E-state index contributed by atoms with van der Waals surface area (Å²) in [6, 6.07) is 3.43. The van der Waals surface area contributed by atoms with Gasteiger partial charge >= 0.3 is 0 Å². The number of halogens is 1. The van der Waals surface area contributed by atoms with E-state index in [0.29, 0.717) is 10.8 Å². The fourth-order valence-corrected chi connectivity index (χ4v) is 3.69. The molecule has 0 radical (unpaired) electrons. The SMILES string of the molecule is CCC1CN(c2cc(C)c(F)cc2[C@H](C)N)CCS1. The first-order chi connectivity index (χ1) is 9.02. The van der Waals surface area contributed by atoms with Crippen molar-refractivity contribution in [3.63, 3.8) is 0 Å². The van der Waals surface area contributed by atoms with Crippen LogP contribution in [0.2, 0.25) is 0 Å². The number of aryl methyl sites for hydroxylation is 1. The van der Waals surface area contributed by atoms with E-state index in [1.165, 1.54) is 6.42 Å². The summed E-state index contributed by atoms with van der Waals surface area (Å²) in [6.07, 6.45) is 1.18. The predicted octanol–water partition coefficient (Wildman–Crippen LogP) is 3.49. The van der Waals surface area contributed by atoms with Crippen molar-refractivity contribution in [1.29, 1.82) is 0 Å². The van der Waals surface area contributed by atoms with E-state index in [1.807, 2.05) is 31.7 Å². The molecule has 106 valence electrons. The highest BCUT2D eigenvalue weighted by Crippen LogP contribution is 2.32. The first kappa shape index (κ1) is 14.7. The third kappa shape index (κ3) is 3.23. The van der Waals surface area contributed by atoms with Crippen LogP contribution < -0.4 is 10.6 Å². The predicted molar refractivity (Wildman–Crippen MR) is 82.5 cm³/mol. The minimum atomic E-state index is -0.158. The first-order valence-corrected chi connectivity index (χ1v) is 8.00. The summed E-state index contributed by atoms with van der Waals surface area (Å²) in [5.74, 6) is 0.974. The van der Waals surface area contributed by atoms with Gasteiger partial charge in [-0.05, 0) is 43.5 Å². The molecule has 2 rings (SSSR count). The number of thioether (sulfide) groups is 1. The van der Waals surface area contributed by atoms with E-state index in [-0.39, 0.29) is 11.9 Å². The van der Waals surface area contributed by atoms with Crippen molar-refractivity contribution in [3.05, 3.63) is 29.1 Å². The molecule has 4 heteroatoms. The molecular weight excluding hydrogens is 259 g/mol. The van der Waals surface area contributed by atoms with Crippen molar-refractivity contribution in [2.24, 2.45) is 5.73 Å². The molecule has 1 unspecified atom stereocenters. The zero-order chi connectivity index (χ0) is 14.0. The number of benzene rings is 1. The maximum Gasteiger partial charge on any atom is 0.126 e. The van der Waals surface area contributed by atoms with Crippen molar-refractivity contribution in [2.75, 3.05) is 23.7 Å². The van der Waals surface area contributed by atoms with Gasteiger partial charge in [0, 0.05) is 35.8 Å². The lowest BCUT2D eigenvalue weighted by Gasteiger charge is -2.35. The molecule has 0 spiro atoms. The summed E-state index contributed by atoms with van der Waals surface area (Å²) < 4.78 is 13.8. The molecule has 1 aromatic rings. The Morgan fingerprint density at radius 1 is 1.53 bits per heavy atom. The normalized spacial score (nSPS) is 21.5. The second kappa shape index (κ2) is 6.14. The van der Waals surface area contributed by atoms with Crippen molar-refractivity contribution in [1.82, 2.24) is 0 Å². The summed E-state index contributed by atoms with van der Waals surface area (Å²) in [5.41, 5.74) is 8.75.